The third-order valence-electron chi connectivity index (χ3n) is 3.06. The standard InChI is InChI=1S/C12H16ClN3O3S/c1-4-12(2,10(18)19)6-15-9(17)8-7(13)5-14-11(16-8)20-3/h5H,4,6H2,1-3H3,(H,15,17)(H,18,19). The number of nitrogens with zero attached hydrogens (tertiary/aromatic N) is 2. The van der Waals surface area contributed by atoms with Gasteiger partial charge >= 0.3 is 5.97 Å². The zero-order valence-electron chi connectivity index (χ0n) is 11.4. The van der Waals surface area contributed by atoms with Crippen LogP contribution in [-0.4, -0.2) is 39.8 Å². The molecule has 1 aromatic heterocycles. The third-order valence-corrected chi connectivity index (χ3v) is 3.89. The van der Waals surface area contributed by atoms with Gasteiger partial charge in [0.25, 0.3) is 5.91 Å². The smallest absolute Gasteiger partial charge is 0.311 e. The van der Waals surface area contributed by atoms with Crippen molar-refractivity contribution in [1.82, 2.24) is 15.3 Å². The number of carboxylic acids is 1. The molecule has 1 atom stereocenters. The molecule has 1 heterocycles. The number of carbonyl (C=O) groups is 2. The zero-order chi connectivity index (χ0) is 15.3. The van der Waals surface area contributed by atoms with E-state index in [0.29, 0.717) is 11.6 Å². The summed E-state index contributed by atoms with van der Waals surface area (Å²) in [4.78, 5) is 31.2. The number of hydrogen-bond acceptors (Lipinski definition) is 5. The van der Waals surface area contributed by atoms with Crippen LogP contribution in [0, 0.1) is 5.41 Å². The summed E-state index contributed by atoms with van der Waals surface area (Å²) in [7, 11) is 0. The van der Waals surface area contributed by atoms with E-state index in [2.05, 4.69) is 15.3 Å². The van der Waals surface area contributed by atoms with Crippen LogP contribution in [-0.2, 0) is 4.79 Å². The van der Waals surface area contributed by atoms with Crippen LogP contribution in [0.2, 0.25) is 5.02 Å². The molecule has 0 spiro atoms. The maximum absolute atomic E-state index is 12.0. The number of aliphatic carboxylic acids is 1. The molecule has 0 aromatic carbocycles. The van der Waals surface area contributed by atoms with Gasteiger partial charge in [0.15, 0.2) is 10.9 Å². The summed E-state index contributed by atoms with van der Waals surface area (Å²) in [6.45, 7) is 3.33. The first-order valence-corrected chi connectivity index (χ1v) is 7.52. The van der Waals surface area contributed by atoms with Crippen LogP contribution < -0.4 is 5.32 Å². The van der Waals surface area contributed by atoms with Gasteiger partial charge in [0.05, 0.1) is 16.6 Å². The Morgan fingerprint density at radius 3 is 2.70 bits per heavy atom. The minimum absolute atomic E-state index is 0.00655. The molecular weight excluding hydrogens is 302 g/mol. The highest BCUT2D eigenvalue weighted by Crippen LogP contribution is 2.21. The number of carboxylic acid groups (broad SMARTS) is 1. The minimum atomic E-state index is -1.02. The van der Waals surface area contributed by atoms with Crippen molar-refractivity contribution in [2.24, 2.45) is 5.41 Å². The summed E-state index contributed by atoms with van der Waals surface area (Å²) in [5.41, 5.74) is -0.966. The number of halogens is 1. The fourth-order valence-corrected chi connectivity index (χ4v) is 1.84. The van der Waals surface area contributed by atoms with E-state index >= 15 is 0 Å². The molecule has 110 valence electrons. The topological polar surface area (TPSA) is 92.2 Å². The number of thioether (sulfide) groups is 1. The first-order valence-electron chi connectivity index (χ1n) is 5.92. The van der Waals surface area contributed by atoms with Crippen LogP contribution in [0.15, 0.2) is 11.4 Å². The van der Waals surface area contributed by atoms with Crippen molar-refractivity contribution >= 4 is 35.2 Å². The summed E-state index contributed by atoms with van der Waals surface area (Å²) in [6, 6.07) is 0. The second kappa shape index (κ2) is 6.90. The van der Waals surface area contributed by atoms with Gasteiger partial charge in [-0.15, -0.1) is 0 Å². The molecule has 6 nitrogen and oxygen atoms in total. The highest BCUT2D eigenvalue weighted by molar-refractivity contribution is 7.98. The summed E-state index contributed by atoms with van der Waals surface area (Å²) in [6.07, 6.45) is 3.53. The van der Waals surface area contributed by atoms with Crippen LogP contribution in [0.5, 0.6) is 0 Å². The first-order chi connectivity index (χ1) is 9.34. The van der Waals surface area contributed by atoms with E-state index in [1.165, 1.54) is 18.0 Å². The number of nitrogens with one attached hydrogen (secondary N) is 1. The molecule has 1 unspecified atom stereocenters. The normalized spacial score (nSPS) is 13.6. The molecule has 0 aliphatic rings. The van der Waals surface area contributed by atoms with Gasteiger partial charge in [-0.3, -0.25) is 9.59 Å². The van der Waals surface area contributed by atoms with Gasteiger partial charge in [0.1, 0.15) is 0 Å². The van der Waals surface area contributed by atoms with E-state index in [4.69, 9.17) is 16.7 Å². The Bertz CT molecular complexity index is 527. The van der Waals surface area contributed by atoms with Crippen molar-refractivity contribution in [3.8, 4) is 0 Å². The molecule has 0 fully saturated rings. The summed E-state index contributed by atoms with van der Waals surface area (Å²) >= 11 is 7.17. The van der Waals surface area contributed by atoms with E-state index in [9.17, 15) is 9.59 Å². The number of rotatable bonds is 6. The zero-order valence-corrected chi connectivity index (χ0v) is 13.0. The second-order valence-electron chi connectivity index (χ2n) is 4.46. The predicted molar refractivity (Wildman–Crippen MR) is 77.2 cm³/mol. The highest BCUT2D eigenvalue weighted by atomic mass is 35.5. The van der Waals surface area contributed by atoms with Crippen LogP contribution in [0.25, 0.3) is 0 Å². The minimum Gasteiger partial charge on any atom is -0.481 e. The number of carbonyl (C=O) groups excluding carboxylic acids is 1. The molecule has 20 heavy (non-hydrogen) atoms. The summed E-state index contributed by atoms with van der Waals surface area (Å²) < 4.78 is 0. The van der Waals surface area contributed by atoms with Crippen molar-refractivity contribution in [1.29, 1.82) is 0 Å². The lowest BCUT2D eigenvalue weighted by Crippen LogP contribution is -2.41. The summed E-state index contributed by atoms with van der Waals surface area (Å²) in [5, 5.41) is 12.3. The maximum Gasteiger partial charge on any atom is 0.311 e. The monoisotopic (exact) mass is 317 g/mol. The molecular formula is C12H16ClN3O3S. The molecule has 1 amide bonds. The molecule has 0 radical (unpaired) electrons. The van der Waals surface area contributed by atoms with Gasteiger partial charge < -0.3 is 10.4 Å². The van der Waals surface area contributed by atoms with E-state index < -0.39 is 17.3 Å². The number of hydrogen-bond donors (Lipinski definition) is 2. The first kappa shape index (κ1) is 16.7. The number of aromatic nitrogens is 2. The van der Waals surface area contributed by atoms with Gasteiger partial charge in [-0.05, 0) is 19.6 Å². The van der Waals surface area contributed by atoms with Gasteiger partial charge in [0.2, 0.25) is 0 Å². The quantitative estimate of drug-likeness (QED) is 0.616. The summed E-state index contributed by atoms with van der Waals surface area (Å²) in [5.74, 6) is -1.47. The SMILES string of the molecule is CCC(C)(CNC(=O)c1nc(SC)ncc1Cl)C(=O)O. The van der Waals surface area contributed by atoms with E-state index in [1.807, 2.05) is 0 Å². The lowest BCUT2D eigenvalue weighted by Gasteiger charge is -2.23. The molecule has 2 N–H and O–H groups in total. The van der Waals surface area contributed by atoms with Crippen molar-refractivity contribution < 1.29 is 14.7 Å². The molecule has 1 rings (SSSR count). The van der Waals surface area contributed by atoms with Gasteiger partial charge in [-0.2, -0.15) is 0 Å². The fourth-order valence-electron chi connectivity index (χ4n) is 1.32. The van der Waals surface area contributed by atoms with Crippen molar-refractivity contribution in [3.63, 3.8) is 0 Å². The fraction of sp³-hybridized carbons (Fsp3) is 0.500. The maximum atomic E-state index is 12.0. The Hall–Kier alpha value is -1.34. The largest absolute Gasteiger partial charge is 0.481 e. The van der Waals surface area contributed by atoms with Crippen LogP contribution >= 0.6 is 23.4 Å². The molecule has 0 saturated heterocycles. The molecule has 0 saturated carbocycles. The Morgan fingerprint density at radius 1 is 1.55 bits per heavy atom. The Balaban J connectivity index is 2.84. The Morgan fingerprint density at radius 2 is 2.20 bits per heavy atom. The van der Waals surface area contributed by atoms with Crippen molar-refractivity contribution in [2.75, 3.05) is 12.8 Å². The van der Waals surface area contributed by atoms with Crippen molar-refractivity contribution in [3.05, 3.63) is 16.9 Å². The second-order valence-corrected chi connectivity index (χ2v) is 5.64. The van der Waals surface area contributed by atoms with Crippen LogP contribution in [0.3, 0.4) is 0 Å². The predicted octanol–water partition coefficient (Wildman–Crippen LogP) is 2.08. The molecule has 1 aromatic rings. The molecule has 0 aliphatic heterocycles. The van der Waals surface area contributed by atoms with E-state index in [1.54, 1.807) is 20.1 Å². The lowest BCUT2D eigenvalue weighted by atomic mass is 9.88. The van der Waals surface area contributed by atoms with Crippen molar-refractivity contribution in [2.45, 2.75) is 25.4 Å². The number of amides is 1. The average molecular weight is 318 g/mol. The van der Waals surface area contributed by atoms with Gasteiger partial charge in [-0.25, -0.2) is 9.97 Å². The average Bonchev–Trinajstić information content (AvgIpc) is 2.44. The van der Waals surface area contributed by atoms with E-state index in [0.717, 1.165) is 0 Å². The lowest BCUT2D eigenvalue weighted by molar-refractivity contribution is -0.147. The third kappa shape index (κ3) is 3.83. The van der Waals surface area contributed by atoms with Crippen LogP contribution in [0.4, 0.5) is 0 Å². The Labute approximate surface area is 126 Å². The van der Waals surface area contributed by atoms with Crippen LogP contribution in [0.1, 0.15) is 30.8 Å². The van der Waals surface area contributed by atoms with E-state index in [-0.39, 0.29) is 17.3 Å². The molecule has 0 aliphatic carbocycles. The Kier molecular flexibility index (Phi) is 5.76. The van der Waals surface area contributed by atoms with Gasteiger partial charge in [-0.1, -0.05) is 30.3 Å². The van der Waals surface area contributed by atoms with Gasteiger partial charge in [0, 0.05) is 6.54 Å². The molecule has 0 bridgehead atoms. The highest BCUT2D eigenvalue weighted by Gasteiger charge is 2.32. The molecule has 8 heteroatoms.